The summed E-state index contributed by atoms with van der Waals surface area (Å²) in [5.74, 6) is 0.739. The molecule has 1 aliphatic rings. The standard InChI is InChI=1S/C21H23NO4/c1-4-14-8-9-17(26-13(2)3)18(12-14)25-11-10-15-6-5-7-16-19(15)21(24)22-20(16)23/h5-9,12-13H,4,10-11H2,1-3H3,(H,22,23,24). The van der Waals surface area contributed by atoms with Crippen molar-refractivity contribution in [1.29, 1.82) is 0 Å². The number of aryl methyl sites for hydroxylation is 1. The maximum absolute atomic E-state index is 12.0. The number of carbonyl (C=O) groups excluding carboxylic acids is 2. The van der Waals surface area contributed by atoms with Crippen LogP contribution in [0.5, 0.6) is 11.5 Å². The Morgan fingerprint density at radius 1 is 1.04 bits per heavy atom. The molecule has 3 rings (SSSR count). The minimum atomic E-state index is -0.337. The number of rotatable bonds is 7. The van der Waals surface area contributed by atoms with E-state index in [2.05, 4.69) is 12.2 Å². The van der Waals surface area contributed by atoms with Gasteiger partial charge in [-0.05, 0) is 49.6 Å². The summed E-state index contributed by atoms with van der Waals surface area (Å²) in [7, 11) is 0. The van der Waals surface area contributed by atoms with E-state index in [-0.39, 0.29) is 17.9 Å². The fraction of sp³-hybridized carbons (Fsp3) is 0.333. The molecule has 2 aromatic rings. The van der Waals surface area contributed by atoms with Crippen molar-refractivity contribution in [1.82, 2.24) is 5.32 Å². The van der Waals surface area contributed by atoms with Crippen molar-refractivity contribution >= 4 is 11.8 Å². The third kappa shape index (κ3) is 3.72. The maximum atomic E-state index is 12.0. The predicted octanol–water partition coefficient (Wildman–Crippen LogP) is 3.54. The number of hydrogen-bond acceptors (Lipinski definition) is 4. The summed E-state index contributed by atoms with van der Waals surface area (Å²) in [5, 5.41) is 2.34. The molecule has 1 heterocycles. The van der Waals surface area contributed by atoms with E-state index < -0.39 is 0 Å². The van der Waals surface area contributed by atoms with Crippen LogP contribution in [0.4, 0.5) is 0 Å². The number of ether oxygens (including phenoxy) is 2. The quantitative estimate of drug-likeness (QED) is 0.773. The van der Waals surface area contributed by atoms with Crippen molar-refractivity contribution in [3.63, 3.8) is 0 Å². The Hall–Kier alpha value is -2.82. The minimum absolute atomic E-state index is 0.0527. The highest BCUT2D eigenvalue weighted by molar-refractivity contribution is 6.22. The topological polar surface area (TPSA) is 64.6 Å². The van der Waals surface area contributed by atoms with E-state index in [0.29, 0.717) is 35.7 Å². The van der Waals surface area contributed by atoms with Crippen molar-refractivity contribution in [2.24, 2.45) is 0 Å². The zero-order chi connectivity index (χ0) is 18.7. The highest BCUT2D eigenvalue weighted by atomic mass is 16.5. The summed E-state index contributed by atoms with van der Waals surface area (Å²) in [5.41, 5.74) is 2.87. The molecule has 0 aliphatic carbocycles. The molecule has 0 unspecified atom stereocenters. The SMILES string of the molecule is CCc1ccc(OC(C)C)c(OCCc2cccc3c2C(=O)NC3=O)c1. The molecule has 26 heavy (non-hydrogen) atoms. The summed E-state index contributed by atoms with van der Waals surface area (Å²) >= 11 is 0. The second-order valence-electron chi connectivity index (χ2n) is 6.52. The van der Waals surface area contributed by atoms with Crippen molar-refractivity contribution in [3.8, 4) is 11.5 Å². The van der Waals surface area contributed by atoms with Gasteiger partial charge in [-0.25, -0.2) is 0 Å². The molecule has 0 aromatic heterocycles. The monoisotopic (exact) mass is 353 g/mol. The number of nitrogens with one attached hydrogen (secondary N) is 1. The Morgan fingerprint density at radius 2 is 1.85 bits per heavy atom. The van der Waals surface area contributed by atoms with Gasteiger partial charge in [0, 0.05) is 6.42 Å². The number of carbonyl (C=O) groups is 2. The molecule has 5 heteroatoms. The van der Waals surface area contributed by atoms with Crippen LogP contribution in [0.1, 0.15) is 52.6 Å². The lowest BCUT2D eigenvalue weighted by Gasteiger charge is -2.16. The van der Waals surface area contributed by atoms with E-state index in [1.807, 2.05) is 38.1 Å². The smallest absolute Gasteiger partial charge is 0.259 e. The second-order valence-corrected chi connectivity index (χ2v) is 6.52. The Labute approximate surface area is 153 Å². The van der Waals surface area contributed by atoms with Crippen LogP contribution in [0.15, 0.2) is 36.4 Å². The summed E-state index contributed by atoms with van der Waals surface area (Å²) in [6.07, 6.45) is 1.49. The number of imide groups is 1. The van der Waals surface area contributed by atoms with Crippen molar-refractivity contribution < 1.29 is 19.1 Å². The lowest BCUT2D eigenvalue weighted by atomic mass is 10.0. The molecule has 1 N–H and O–H groups in total. The van der Waals surface area contributed by atoms with Crippen LogP contribution in [0, 0.1) is 0 Å². The first kappa shape index (κ1) is 18.0. The summed E-state index contributed by atoms with van der Waals surface area (Å²) < 4.78 is 11.8. The molecule has 0 saturated heterocycles. The number of amides is 2. The van der Waals surface area contributed by atoms with Crippen LogP contribution < -0.4 is 14.8 Å². The number of fused-ring (bicyclic) bond motifs is 1. The Kier molecular flexibility index (Phi) is 5.26. The van der Waals surface area contributed by atoms with Crippen LogP contribution in [-0.4, -0.2) is 24.5 Å². The van der Waals surface area contributed by atoms with Gasteiger partial charge in [0.05, 0.1) is 23.8 Å². The molecule has 0 radical (unpaired) electrons. The molecule has 0 atom stereocenters. The molecule has 136 valence electrons. The first-order valence-corrected chi connectivity index (χ1v) is 8.89. The van der Waals surface area contributed by atoms with Gasteiger partial charge < -0.3 is 9.47 Å². The summed E-state index contributed by atoms with van der Waals surface area (Å²) in [6, 6.07) is 11.3. The first-order chi connectivity index (χ1) is 12.5. The molecular formula is C21H23NO4. The highest BCUT2D eigenvalue weighted by Gasteiger charge is 2.28. The summed E-state index contributed by atoms with van der Waals surface area (Å²) in [4.78, 5) is 23.8. The van der Waals surface area contributed by atoms with E-state index in [9.17, 15) is 9.59 Å². The number of hydrogen-bond donors (Lipinski definition) is 1. The molecule has 2 amide bonds. The Bertz CT molecular complexity index is 842. The van der Waals surface area contributed by atoms with Crippen LogP contribution in [0.3, 0.4) is 0 Å². The van der Waals surface area contributed by atoms with Crippen molar-refractivity contribution in [2.75, 3.05) is 6.61 Å². The van der Waals surface area contributed by atoms with Crippen molar-refractivity contribution in [3.05, 3.63) is 58.7 Å². The molecule has 0 fully saturated rings. The maximum Gasteiger partial charge on any atom is 0.259 e. The molecule has 0 saturated carbocycles. The molecule has 2 aromatic carbocycles. The van der Waals surface area contributed by atoms with E-state index >= 15 is 0 Å². The fourth-order valence-corrected chi connectivity index (χ4v) is 3.01. The van der Waals surface area contributed by atoms with E-state index in [4.69, 9.17) is 9.47 Å². The Balaban J connectivity index is 1.75. The molecule has 5 nitrogen and oxygen atoms in total. The van der Waals surface area contributed by atoms with Crippen LogP contribution in [-0.2, 0) is 12.8 Å². The van der Waals surface area contributed by atoms with Gasteiger partial charge in [-0.3, -0.25) is 14.9 Å². The lowest BCUT2D eigenvalue weighted by molar-refractivity contribution is 0.0879. The molecule has 1 aliphatic heterocycles. The predicted molar refractivity (Wildman–Crippen MR) is 99.0 cm³/mol. The third-order valence-corrected chi connectivity index (χ3v) is 4.26. The lowest BCUT2D eigenvalue weighted by Crippen LogP contribution is -2.20. The van der Waals surface area contributed by atoms with Crippen LogP contribution in [0.2, 0.25) is 0 Å². The average molecular weight is 353 g/mol. The van der Waals surface area contributed by atoms with Crippen molar-refractivity contribution in [2.45, 2.75) is 39.7 Å². The van der Waals surface area contributed by atoms with Crippen LogP contribution in [0.25, 0.3) is 0 Å². The van der Waals surface area contributed by atoms with E-state index in [1.54, 1.807) is 12.1 Å². The largest absolute Gasteiger partial charge is 0.489 e. The first-order valence-electron chi connectivity index (χ1n) is 8.89. The van der Waals surface area contributed by atoms with Gasteiger partial charge in [-0.15, -0.1) is 0 Å². The van der Waals surface area contributed by atoms with Gasteiger partial charge in [0.1, 0.15) is 0 Å². The number of benzene rings is 2. The van der Waals surface area contributed by atoms with Crippen LogP contribution >= 0.6 is 0 Å². The summed E-state index contributed by atoms with van der Waals surface area (Å²) in [6.45, 7) is 6.42. The molecular weight excluding hydrogens is 330 g/mol. The fourth-order valence-electron chi connectivity index (χ4n) is 3.01. The van der Waals surface area contributed by atoms with Gasteiger partial charge in [0.25, 0.3) is 11.8 Å². The molecule has 0 spiro atoms. The minimum Gasteiger partial charge on any atom is -0.489 e. The van der Waals surface area contributed by atoms with Gasteiger partial charge >= 0.3 is 0 Å². The zero-order valence-electron chi connectivity index (χ0n) is 15.3. The second kappa shape index (κ2) is 7.60. The zero-order valence-corrected chi connectivity index (χ0v) is 15.3. The Morgan fingerprint density at radius 3 is 2.58 bits per heavy atom. The third-order valence-electron chi connectivity index (χ3n) is 4.26. The van der Waals surface area contributed by atoms with Gasteiger partial charge in [-0.1, -0.05) is 25.1 Å². The van der Waals surface area contributed by atoms with E-state index in [0.717, 1.165) is 12.0 Å². The highest BCUT2D eigenvalue weighted by Crippen LogP contribution is 2.30. The van der Waals surface area contributed by atoms with Gasteiger partial charge in [-0.2, -0.15) is 0 Å². The van der Waals surface area contributed by atoms with Gasteiger partial charge in [0.15, 0.2) is 11.5 Å². The molecule has 0 bridgehead atoms. The van der Waals surface area contributed by atoms with Gasteiger partial charge in [0.2, 0.25) is 0 Å². The van der Waals surface area contributed by atoms with E-state index in [1.165, 1.54) is 5.56 Å². The normalized spacial score (nSPS) is 12.9. The average Bonchev–Trinajstić information content (AvgIpc) is 2.91.